The van der Waals surface area contributed by atoms with E-state index in [0.717, 1.165) is 28.8 Å². The van der Waals surface area contributed by atoms with Crippen molar-refractivity contribution in [3.63, 3.8) is 0 Å². The highest BCUT2D eigenvalue weighted by Crippen LogP contribution is 2.21. The zero-order chi connectivity index (χ0) is 14.5. The monoisotopic (exact) mass is 333 g/mol. The van der Waals surface area contributed by atoms with Gasteiger partial charge in [-0.05, 0) is 30.2 Å². The Bertz CT molecular complexity index is 554. The average Bonchev–Trinajstić information content (AvgIpc) is 2.49. The summed E-state index contributed by atoms with van der Waals surface area (Å²) in [6.07, 6.45) is 2.79. The molecule has 0 aliphatic rings. The van der Waals surface area contributed by atoms with E-state index in [1.54, 1.807) is 0 Å². The van der Waals surface area contributed by atoms with E-state index in [1.807, 2.05) is 18.3 Å². The van der Waals surface area contributed by atoms with Crippen LogP contribution in [0.1, 0.15) is 30.6 Å². The van der Waals surface area contributed by atoms with Gasteiger partial charge in [0, 0.05) is 24.1 Å². The van der Waals surface area contributed by atoms with Crippen LogP contribution in [0.15, 0.2) is 47.1 Å². The van der Waals surface area contributed by atoms with Crippen molar-refractivity contribution in [2.45, 2.75) is 25.9 Å². The van der Waals surface area contributed by atoms with E-state index >= 15 is 0 Å². The minimum absolute atomic E-state index is 0.0256. The fourth-order valence-corrected chi connectivity index (χ4v) is 2.44. The summed E-state index contributed by atoms with van der Waals surface area (Å²) in [6, 6.07) is 12.4. The van der Waals surface area contributed by atoms with E-state index in [9.17, 15) is 0 Å². The van der Waals surface area contributed by atoms with Gasteiger partial charge in [-0.25, -0.2) is 0 Å². The van der Waals surface area contributed by atoms with Gasteiger partial charge < -0.3 is 10.6 Å². The van der Waals surface area contributed by atoms with Crippen LogP contribution in [0.4, 0.5) is 5.69 Å². The molecule has 1 heterocycles. The van der Waals surface area contributed by atoms with E-state index < -0.39 is 0 Å². The Morgan fingerprint density at radius 3 is 2.60 bits per heavy atom. The van der Waals surface area contributed by atoms with Crippen molar-refractivity contribution in [3.8, 4) is 0 Å². The molecule has 0 fully saturated rings. The number of aromatic nitrogens is 1. The predicted octanol–water partition coefficient (Wildman–Crippen LogP) is 3.89. The van der Waals surface area contributed by atoms with E-state index in [0.29, 0.717) is 0 Å². The van der Waals surface area contributed by atoms with Crippen LogP contribution in [0.3, 0.4) is 0 Å². The lowest BCUT2D eigenvalue weighted by Gasteiger charge is -2.20. The molecule has 4 heteroatoms. The summed E-state index contributed by atoms with van der Waals surface area (Å²) in [5.41, 5.74) is 9.28. The van der Waals surface area contributed by atoms with Crippen molar-refractivity contribution >= 4 is 21.6 Å². The van der Waals surface area contributed by atoms with E-state index in [4.69, 9.17) is 5.73 Å². The third kappa shape index (κ3) is 3.58. The Hall–Kier alpha value is -1.39. The standard InChI is InChI=1S/C16H20BrN3/c1-3-15(18)16-9-8-13(10-19-16)20(2)11-12-6-4-5-7-14(12)17/h4-10,15H,3,11,18H2,1-2H3/t15-/m1/s1. The molecule has 1 aromatic carbocycles. The Labute approximate surface area is 129 Å². The summed E-state index contributed by atoms with van der Waals surface area (Å²) in [5, 5.41) is 0. The van der Waals surface area contributed by atoms with Crippen molar-refractivity contribution in [2.75, 3.05) is 11.9 Å². The molecule has 3 nitrogen and oxygen atoms in total. The lowest BCUT2D eigenvalue weighted by Crippen LogP contribution is -2.17. The molecular weight excluding hydrogens is 314 g/mol. The first kappa shape index (κ1) is 15.0. The summed E-state index contributed by atoms with van der Waals surface area (Å²) in [6.45, 7) is 2.90. The number of rotatable bonds is 5. The number of nitrogens with two attached hydrogens (primary N) is 1. The van der Waals surface area contributed by atoms with Crippen LogP contribution in [0, 0.1) is 0 Å². The number of halogens is 1. The summed E-state index contributed by atoms with van der Waals surface area (Å²) in [7, 11) is 2.07. The average molecular weight is 334 g/mol. The molecule has 2 rings (SSSR count). The molecule has 0 bridgehead atoms. The van der Waals surface area contributed by atoms with Gasteiger partial charge in [0.05, 0.1) is 17.6 Å². The van der Waals surface area contributed by atoms with Gasteiger partial charge in [-0.2, -0.15) is 0 Å². The fourth-order valence-electron chi connectivity index (χ4n) is 2.03. The number of hydrogen-bond donors (Lipinski definition) is 1. The second-order valence-electron chi connectivity index (χ2n) is 4.90. The van der Waals surface area contributed by atoms with Gasteiger partial charge in [0.1, 0.15) is 0 Å². The molecule has 0 spiro atoms. The zero-order valence-electron chi connectivity index (χ0n) is 11.9. The van der Waals surface area contributed by atoms with Gasteiger partial charge >= 0.3 is 0 Å². The van der Waals surface area contributed by atoms with Gasteiger partial charge in [-0.1, -0.05) is 41.1 Å². The topological polar surface area (TPSA) is 42.1 Å². The Kier molecular flexibility index (Phi) is 5.15. The number of hydrogen-bond acceptors (Lipinski definition) is 3. The molecule has 0 amide bonds. The van der Waals surface area contributed by atoms with Crippen LogP contribution in [0.5, 0.6) is 0 Å². The Morgan fingerprint density at radius 1 is 1.25 bits per heavy atom. The fraction of sp³-hybridized carbons (Fsp3) is 0.312. The second-order valence-corrected chi connectivity index (χ2v) is 5.76. The van der Waals surface area contributed by atoms with Crippen molar-refractivity contribution in [1.29, 1.82) is 0 Å². The molecule has 106 valence electrons. The number of nitrogens with zero attached hydrogens (tertiary/aromatic N) is 2. The van der Waals surface area contributed by atoms with Gasteiger partial charge in [-0.3, -0.25) is 4.98 Å². The third-order valence-corrected chi connectivity index (χ3v) is 4.17. The van der Waals surface area contributed by atoms with Crippen LogP contribution in [0.25, 0.3) is 0 Å². The molecule has 0 saturated carbocycles. The Balaban J connectivity index is 2.10. The quantitative estimate of drug-likeness (QED) is 0.902. The molecule has 0 radical (unpaired) electrons. The summed E-state index contributed by atoms with van der Waals surface area (Å²) < 4.78 is 1.13. The maximum Gasteiger partial charge on any atom is 0.0572 e. The van der Waals surface area contributed by atoms with Crippen LogP contribution >= 0.6 is 15.9 Å². The lowest BCUT2D eigenvalue weighted by atomic mass is 10.1. The molecule has 0 aliphatic heterocycles. The van der Waals surface area contributed by atoms with Crippen LogP contribution in [0.2, 0.25) is 0 Å². The first-order valence-corrected chi connectivity index (χ1v) is 7.57. The molecule has 1 aromatic heterocycles. The second kappa shape index (κ2) is 6.86. The van der Waals surface area contributed by atoms with Crippen LogP contribution in [-0.4, -0.2) is 12.0 Å². The normalized spacial score (nSPS) is 12.2. The highest BCUT2D eigenvalue weighted by atomic mass is 79.9. The van der Waals surface area contributed by atoms with Crippen molar-refractivity contribution in [1.82, 2.24) is 4.98 Å². The Morgan fingerprint density at radius 2 is 2.00 bits per heavy atom. The first-order chi connectivity index (χ1) is 9.61. The van der Waals surface area contributed by atoms with E-state index in [2.05, 4.69) is 64.1 Å². The molecule has 20 heavy (non-hydrogen) atoms. The summed E-state index contributed by atoms with van der Waals surface area (Å²) in [5.74, 6) is 0. The maximum absolute atomic E-state index is 5.98. The molecule has 0 saturated heterocycles. The van der Waals surface area contributed by atoms with Crippen molar-refractivity contribution < 1.29 is 0 Å². The van der Waals surface area contributed by atoms with E-state index in [1.165, 1.54) is 5.56 Å². The zero-order valence-corrected chi connectivity index (χ0v) is 13.5. The van der Waals surface area contributed by atoms with Gasteiger partial charge in [-0.15, -0.1) is 0 Å². The maximum atomic E-state index is 5.98. The highest BCUT2D eigenvalue weighted by Gasteiger charge is 2.08. The number of anilines is 1. The van der Waals surface area contributed by atoms with Crippen molar-refractivity contribution in [3.05, 3.63) is 58.3 Å². The molecule has 0 unspecified atom stereocenters. The molecule has 2 N–H and O–H groups in total. The van der Waals surface area contributed by atoms with Crippen LogP contribution in [-0.2, 0) is 6.54 Å². The van der Waals surface area contributed by atoms with Crippen LogP contribution < -0.4 is 10.6 Å². The van der Waals surface area contributed by atoms with Gasteiger partial charge in [0.25, 0.3) is 0 Å². The molecule has 1 atom stereocenters. The predicted molar refractivity (Wildman–Crippen MR) is 87.7 cm³/mol. The smallest absolute Gasteiger partial charge is 0.0572 e. The van der Waals surface area contributed by atoms with Gasteiger partial charge in [0.2, 0.25) is 0 Å². The number of benzene rings is 1. The van der Waals surface area contributed by atoms with E-state index in [-0.39, 0.29) is 6.04 Å². The highest BCUT2D eigenvalue weighted by molar-refractivity contribution is 9.10. The molecular formula is C16H20BrN3. The van der Waals surface area contributed by atoms with Crippen molar-refractivity contribution in [2.24, 2.45) is 5.73 Å². The SMILES string of the molecule is CC[C@@H](N)c1ccc(N(C)Cc2ccccc2Br)cn1. The summed E-state index contributed by atoms with van der Waals surface area (Å²) in [4.78, 5) is 6.63. The minimum atomic E-state index is 0.0256. The molecule has 0 aliphatic carbocycles. The molecule has 2 aromatic rings. The summed E-state index contributed by atoms with van der Waals surface area (Å²) >= 11 is 3.58. The third-order valence-electron chi connectivity index (χ3n) is 3.40. The first-order valence-electron chi connectivity index (χ1n) is 6.78. The minimum Gasteiger partial charge on any atom is -0.369 e. The lowest BCUT2D eigenvalue weighted by molar-refractivity contribution is 0.675. The number of pyridine rings is 1. The largest absolute Gasteiger partial charge is 0.369 e. The van der Waals surface area contributed by atoms with Gasteiger partial charge in [0.15, 0.2) is 0 Å².